The van der Waals surface area contributed by atoms with Crippen LogP contribution in [0.25, 0.3) is 0 Å². The lowest BCUT2D eigenvalue weighted by atomic mass is 9.84. The normalized spacial score (nSPS) is 22.9. The predicted octanol–water partition coefficient (Wildman–Crippen LogP) is 2.36. The Morgan fingerprint density at radius 2 is 1.95 bits per heavy atom. The smallest absolute Gasteiger partial charge is 0.417 e. The van der Waals surface area contributed by atoms with Gasteiger partial charge in [-0.25, -0.2) is 9.69 Å². The Kier molecular flexibility index (Phi) is 5.75. The summed E-state index contributed by atoms with van der Waals surface area (Å²) >= 11 is 0. The number of nitrogens with zero attached hydrogens (tertiary/aromatic N) is 1. The summed E-state index contributed by atoms with van der Waals surface area (Å²) in [5.41, 5.74) is -0.656. The van der Waals surface area contributed by atoms with Crippen molar-refractivity contribution in [2.45, 2.75) is 53.1 Å². The van der Waals surface area contributed by atoms with Crippen LogP contribution in [0.2, 0.25) is 0 Å². The van der Waals surface area contributed by atoms with E-state index in [-0.39, 0.29) is 24.9 Å². The molecule has 0 N–H and O–H groups in total. The van der Waals surface area contributed by atoms with E-state index in [1.54, 1.807) is 27.7 Å². The molecule has 0 aromatic heterocycles. The first-order chi connectivity index (χ1) is 9.65. The van der Waals surface area contributed by atoms with Crippen molar-refractivity contribution in [3.05, 3.63) is 0 Å². The third kappa shape index (κ3) is 5.02. The SMILES string of the molecule is CCOC(=O)C[C@H]1C(=O)N(C(=O)OC(C)(C)C)CC[C@@H]1C. The zero-order chi connectivity index (χ0) is 16.2. The van der Waals surface area contributed by atoms with Crippen LogP contribution in [0, 0.1) is 11.8 Å². The average Bonchev–Trinajstić information content (AvgIpc) is 2.32. The third-order valence-corrected chi connectivity index (χ3v) is 3.38. The number of esters is 1. The highest BCUT2D eigenvalue weighted by Gasteiger charge is 2.40. The minimum absolute atomic E-state index is 0.00708. The highest BCUT2D eigenvalue weighted by molar-refractivity contribution is 5.95. The first-order valence-corrected chi connectivity index (χ1v) is 7.35. The Morgan fingerprint density at radius 1 is 1.33 bits per heavy atom. The number of likely N-dealkylation sites (tertiary alicyclic amines) is 1. The van der Waals surface area contributed by atoms with Gasteiger partial charge >= 0.3 is 12.1 Å². The van der Waals surface area contributed by atoms with Crippen molar-refractivity contribution in [2.75, 3.05) is 13.2 Å². The molecule has 2 amide bonds. The molecule has 0 spiro atoms. The molecule has 1 aliphatic heterocycles. The van der Waals surface area contributed by atoms with E-state index >= 15 is 0 Å². The second-order valence-corrected chi connectivity index (χ2v) is 6.35. The van der Waals surface area contributed by atoms with E-state index < -0.39 is 23.6 Å². The molecule has 1 heterocycles. The molecule has 1 fully saturated rings. The Labute approximate surface area is 125 Å². The van der Waals surface area contributed by atoms with Crippen molar-refractivity contribution >= 4 is 18.0 Å². The molecule has 6 nitrogen and oxygen atoms in total. The highest BCUT2D eigenvalue weighted by atomic mass is 16.6. The number of carbonyl (C=O) groups excluding carboxylic acids is 3. The Morgan fingerprint density at radius 3 is 2.48 bits per heavy atom. The van der Waals surface area contributed by atoms with Gasteiger partial charge in [-0.3, -0.25) is 9.59 Å². The van der Waals surface area contributed by atoms with Gasteiger partial charge in [0.05, 0.1) is 18.9 Å². The summed E-state index contributed by atoms with van der Waals surface area (Å²) in [6, 6.07) is 0. The van der Waals surface area contributed by atoms with Gasteiger partial charge in [0.15, 0.2) is 0 Å². The average molecular weight is 299 g/mol. The Balaban J connectivity index is 2.75. The van der Waals surface area contributed by atoms with Crippen molar-refractivity contribution in [2.24, 2.45) is 11.8 Å². The van der Waals surface area contributed by atoms with E-state index in [2.05, 4.69) is 0 Å². The number of hydrogen-bond acceptors (Lipinski definition) is 5. The van der Waals surface area contributed by atoms with E-state index in [4.69, 9.17) is 9.47 Å². The molecule has 1 aliphatic rings. The van der Waals surface area contributed by atoms with Crippen LogP contribution in [0.4, 0.5) is 4.79 Å². The Bertz CT molecular complexity index is 413. The molecular weight excluding hydrogens is 274 g/mol. The second-order valence-electron chi connectivity index (χ2n) is 6.35. The summed E-state index contributed by atoms with van der Waals surface area (Å²) in [5, 5.41) is 0. The van der Waals surface area contributed by atoms with E-state index in [1.165, 1.54) is 0 Å². The van der Waals surface area contributed by atoms with E-state index in [0.29, 0.717) is 13.0 Å². The van der Waals surface area contributed by atoms with E-state index in [0.717, 1.165) is 4.90 Å². The number of carbonyl (C=O) groups is 3. The van der Waals surface area contributed by atoms with Crippen LogP contribution < -0.4 is 0 Å². The molecule has 0 aliphatic carbocycles. The molecule has 0 unspecified atom stereocenters. The quantitative estimate of drug-likeness (QED) is 0.748. The van der Waals surface area contributed by atoms with Gasteiger partial charge in [0.1, 0.15) is 5.60 Å². The molecule has 0 radical (unpaired) electrons. The molecule has 0 bridgehead atoms. The lowest BCUT2D eigenvalue weighted by Crippen LogP contribution is -2.50. The van der Waals surface area contributed by atoms with Crippen molar-refractivity contribution in [3.8, 4) is 0 Å². The molecular formula is C15H25NO5. The second kappa shape index (κ2) is 6.91. The minimum Gasteiger partial charge on any atom is -0.466 e. The summed E-state index contributed by atoms with van der Waals surface area (Å²) in [4.78, 5) is 37.2. The van der Waals surface area contributed by atoms with Crippen LogP contribution in [0.15, 0.2) is 0 Å². The molecule has 21 heavy (non-hydrogen) atoms. The van der Waals surface area contributed by atoms with Crippen LogP contribution in [-0.4, -0.2) is 41.6 Å². The van der Waals surface area contributed by atoms with Gasteiger partial charge in [0.25, 0.3) is 0 Å². The molecule has 6 heteroatoms. The van der Waals surface area contributed by atoms with Gasteiger partial charge in [-0.05, 0) is 40.0 Å². The zero-order valence-electron chi connectivity index (χ0n) is 13.5. The topological polar surface area (TPSA) is 72.9 Å². The number of hydrogen-bond donors (Lipinski definition) is 0. The van der Waals surface area contributed by atoms with Crippen LogP contribution in [0.5, 0.6) is 0 Å². The maximum Gasteiger partial charge on any atom is 0.417 e. The number of imide groups is 1. The summed E-state index contributed by atoms with van der Waals surface area (Å²) in [6.45, 7) is 9.48. The maximum atomic E-state index is 12.4. The van der Waals surface area contributed by atoms with E-state index in [9.17, 15) is 14.4 Å². The van der Waals surface area contributed by atoms with E-state index in [1.807, 2.05) is 6.92 Å². The fourth-order valence-electron chi connectivity index (χ4n) is 2.27. The van der Waals surface area contributed by atoms with Gasteiger partial charge in [-0.15, -0.1) is 0 Å². The predicted molar refractivity (Wildman–Crippen MR) is 76.5 cm³/mol. The molecule has 2 atom stereocenters. The van der Waals surface area contributed by atoms with Crippen molar-refractivity contribution in [3.63, 3.8) is 0 Å². The maximum absolute atomic E-state index is 12.4. The molecule has 1 rings (SSSR count). The summed E-state index contributed by atoms with van der Waals surface area (Å²) in [6.07, 6.45) is 0.0237. The summed E-state index contributed by atoms with van der Waals surface area (Å²) in [7, 11) is 0. The third-order valence-electron chi connectivity index (χ3n) is 3.38. The van der Waals surface area contributed by atoms with Gasteiger partial charge in [0, 0.05) is 6.54 Å². The first kappa shape index (κ1) is 17.5. The van der Waals surface area contributed by atoms with Gasteiger partial charge in [-0.2, -0.15) is 0 Å². The van der Waals surface area contributed by atoms with Crippen molar-refractivity contribution in [1.29, 1.82) is 0 Å². The number of piperidine rings is 1. The van der Waals surface area contributed by atoms with Gasteiger partial charge in [0.2, 0.25) is 5.91 Å². The number of rotatable bonds is 3. The number of ether oxygens (including phenoxy) is 2. The van der Waals surface area contributed by atoms with Crippen LogP contribution in [0.3, 0.4) is 0 Å². The molecule has 1 saturated heterocycles. The lowest BCUT2D eigenvalue weighted by Gasteiger charge is -2.35. The standard InChI is InChI=1S/C15H25NO5/c1-6-20-12(17)9-11-10(2)7-8-16(13(11)18)14(19)21-15(3,4)5/h10-11H,6-9H2,1-5H3/t10-,11+/m0/s1. The van der Waals surface area contributed by atoms with Crippen LogP contribution in [-0.2, 0) is 19.1 Å². The van der Waals surface area contributed by atoms with Gasteiger partial charge < -0.3 is 9.47 Å². The summed E-state index contributed by atoms with van der Waals surface area (Å²) in [5.74, 6) is -1.24. The minimum atomic E-state index is -0.656. The lowest BCUT2D eigenvalue weighted by molar-refractivity contribution is -0.151. The van der Waals surface area contributed by atoms with Crippen molar-refractivity contribution < 1.29 is 23.9 Å². The fraction of sp³-hybridized carbons (Fsp3) is 0.800. The molecule has 0 aromatic carbocycles. The van der Waals surface area contributed by atoms with Gasteiger partial charge in [-0.1, -0.05) is 6.92 Å². The number of amides is 2. The first-order valence-electron chi connectivity index (χ1n) is 7.35. The highest BCUT2D eigenvalue weighted by Crippen LogP contribution is 2.28. The van der Waals surface area contributed by atoms with Crippen LogP contribution in [0.1, 0.15) is 47.5 Å². The Hall–Kier alpha value is -1.59. The largest absolute Gasteiger partial charge is 0.466 e. The summed E-state index contributed by atoms with van der Waals surface area (Å²) < 4.78 is 10.1. The van der Waals surface area contributed by atoms with Crippen LogP contribution >= 0.6 is 0 Å². The van der Waals surface area contributed by atoms with Crippen molar-refractivity contribution in [1.82, 2.24) is 4.90 Å². The zero-order valence-corrected chi connectivity index (χ0v) is 13.5. The monoisotopic (exact) mass is 299 g/mol. The fourth-order valence-corrected chi connectivity index (χ4v) is 2.27. The molecule has 0 saturated carbocycles. The molecule has 0 aromatic rings. The molecule has 120 valence electrons.